The van der Waals surface area contributed by atoms with Gasteiger partial charge in [0.1, 0.15) is 0 Å². The Labute approximate surface area is 116 Å². The molecule has 1 fully saturated rings. The van der Waals surface area contributed by atoms with Gasteiger partial charge in [-0.05, 0) is 31.7 Å². The summed E-state index contributed by atoms with van der Waals surface area (Å²) in [6, 6.07) is 1.83. The number of aromatic nitrogens is 1. The molecule has 1 saturated carbocycles. The Morgan fingerprint density at radius 3 is 2.79 bits per heavy atom. The minimum atomic E-state index is -0.785. The first-order chi connectivity index (χ1) is 9.00. The van der Waals surface area contributed by atoms with E-state index in [1.807, 2.05) is 6.07 Å². The zero-order chi connectivity index (χ0) is 13.9. The molecule has 19 heavy (non-hydrogen) atoms. The van der Waals surface area contributed by atoms with Crippen LogP contribution in [-0.2, 0) is 4.79 Å². The molecular weight excluding hydrogens is 264 g/mol. The van der Waals surface area contributed by atoms with Gasteiger partial charge < -0.3 is 15.9 Å². The molecule has 1 aromatic rings. The molecule has 0 spiro atoms. The summed E-state index contributed by atoms with van der Waals surface area (Å²) in [5.74, 6) is -0.530. The van der Waals surface area contributed by atoms with Crippen molar-refractivity contribution in [2.45, 2.75) is 36.2 Å². The number of carbonyl (C=O) groups is 1. The lowest BCUT2D eigenvalue weighted by Crippen LogP contribution is -2.38. The van der Waals surface area contributed by atoms with Gasteiger partial charge in [0.25, 0.3) is 0 Å². The van der Waals surface area contributed by atoms with Crippen LogP contribution in [0.25, 0.3) is 0 Å². The van der Waals surface area contributed by atoms with Gasteiger partial charge in [-0.15, -0.1) is 11.8 Å². The average Bonchev–Trinajstić information content (AvgIpc) is 2.38. The molecule has 1 heterocycles. The molecule has 0 amide bonds. The number of thioether (sulfide) groups is 1. The highest BCUT2D eigenvalue weighted by Crippen LogP contribution is 2.37. The van der Waals surface area contributed by atoms with Crippen molar-refractivity contribution in [1.82, 2.24) is 4.98 Å². The Morgan fingerprint density at radius 2 is 2.21 bits per heavy atom. The highest BCUT2D eigenvalue weighted by molar-refractivity contribution is 7.99. The summed E-state index contributed by atoms with van der Waals surface area (Å²) in [5.41, 5.74) is 5.62. The molecular formula is C13H18N2O3S. The molecule has 0 bridgehead atoms. The third kappa shape index (κ3) is 3.61. The number of carboxylic acids is 1. The van der Waals surface area contributed by atoms with Crippen LogP contribution < -0.4 is 5.73 Å². The van der Waals surface area contributed by atoms with E-state index in [0.717, 1.165) is 4.90 Å². The number of nitrogens with zero attached hydrogens (tertiary/aromatic N) is 1. The number of aliphatic carboxylic acids is 1. The number of hydrogen-bond acceptors (Lipinski definition) is 5. The number of hydrogen-bond donors (Lipinski definition) is 3. The van der Waals surface area contributed by atoms with Crippen molar-refractivity contribution >= 4 is 23.4 Å². The second-order valence-corrected chi connectivity index (χ2v) is 6.06. The molecule has 104 valence electrons. The van der Waals surface area contributed by atoms with E-state index in [0.29, 0.717) is 37.1 Å². The highest BCUT2D eigenvalue weighted by atomic mass is 32.2. The van der Waals surface area contributed by atoms with E-state index in [2.05, 4.69) is 4.98 Å². The largest absolute Gasteiger partial charge is 0.481 e. The number of anilines is 1. The molecule has 0 radical (unpaired) electrons. The van der Waals surface area contributed by atoms with Crippen LogP contribution in [0.2, 0.25) is 0 Å². The second-order valence-electron chi connectivity index (χ2n) is 5.04. The minimum absolute atomic E-state index is 0.309. The number of nitrogen functional groups attached to an aromatic ring is 1. The molecule has 5 nitrogen and oxygen atoms in total. The van der Waals surface area contributed by atoms with Gasteiger partial charge in [0.05, 0.1) is 23.4 Å². The van der Waals surface area contributed by atoms with Crippen LogP contribution in [0.1, 0.15) is 25.7 Å². The standard InChI is InChI=1S/C13H18N2O3S/c14-10-7-15-6-3-11(10)19-8-13(18)4-1-9(2-5-13)12(16)17/h3,6-7,9,18H,1-2,4-5,8,14H2,(H,16,17). The summed E-state index contributed by atoms with van der Waals surface area (Å²) in [4.78, 5) is 15.7. The Balaban J connectivity index is 1.90. The van der Waals surface area contributed by atoms with Gasteiger partial charge in [-0.1, -0.05) is 0 Å². The average molecular weight is 282 g/mol. The number of aliphatic hydroxyl groups is 1. The van der Waals surface area contributed by atoms with Crippen molar-refractivity contribution < 1.29 is 15.0 Å². The van der Waals surface area contributed by atoms with Crippen molar-refractivity contribution in [3.05, 3.63) is 18.5 Å². The summed E-state index contributed by atoms with van der Waals surface area (Å²) < 4.78 is 0. The van der Waals surface area contributed by atoms with E-state index in [4.69, 9.17) is 10.8 Å². The second kappa shape index (κ2) is 5.79. The fourth-order valence-electron chi connectivity index (χ4n) is 2.28. The van der Waals surface area contributed by atoms with Crippen molar-refractivity contribution in [2.75, 3.05) is 11.5 Å². The summed E-state index contributed by atoms with van der Waals surface area (Å²) in [5, 5.41) is 19.4. The first-order valence-corrected chi connectivity index (χ1v) is 7.26. The van der Waals surface area contributed by atoms with Gasteiger partial charge in [-0.2, -0.15) is 0 Å². The number of rotatable bonds is 4. The molecule has 0 atom stereocenters. The van der Waals surface area contributed by atoms with E-state index in [1.165, 1.54) is 11.8 Å². The van der Waals surface area contributed by atoms with Gasteiger partial charge in [-0.25, -0.2) is 0 Å². The molecule has 1 aliphatic carbocycles. The molecule has 4 N–H and O–H groups in total. The van der Waals surface area contributed by atoms with E-state index in [9.17, 15) is 9.90 Å². The van der Waals surface area contributed by atoms with Crippen LogP contribution in [0.5, 0.6) is 0 Å². The fourth-order valence-corrected chi connectivity index (χ4v) is 3.37. The van der Waals surface area contributed by atoms with Crippen LogP contribution >= 0.6 is 11.8 Å². The van der Waals surface area contributed by atoms with Crippen molar-refractivity contribution in [2.24, 2.45) is 5.92 Å². The summed E-state index contributed by atoms with van der Waals surface area (Å²) in [6.45, 7) is 0. The number of nitrogens with two attached hydrogens (primary N) is 1. The van der Waals surface area contributed by atoms with Crippen molar-refractivity contribution in [3.8, 4) is 0 Å². The lowest BCUT2D eigenvalue weighted by Gasteiger charge is -2.34. The Kier molecular flexibility index (Phi) is 4.31. The maximum atomic E-state index is 10.9. The molecule has 2 rings (SSSR count). The zero-order valence-electron chi connectivity index (χ0n) is 10.6. The maximum absolute atomic E-state index is 10.9. The zero-order valence-corrected chi connectivity index (χ0v) is 11.4. The monoisotopic (exact) mass is 282 g/mol. The van der Waals surface area contributed by atoms with Crippen LogP contribution in [0.4, 0.5) is 5.69 Å². The summed E-state index contributed by atoms with van der Waals surface area (Å²) >= 11 is 1.50. The summed E-state index contributed by atoms with van der Waals surface area (Å²) in [6.07, 6.45) is 5.40. The molecule has 0 saturated heterocycles. The van der Waals surface area contributed by atoms with Gasteiger partial charge in [-0.3, -0.25) is 9.78 Å². The first kappa shape index (κ1) is 14.1. The van der Waals surface area contributed by atoms with E-state index in [-0.39, 0.29) is 5.92 Å². The molecule has 1 aliphatic rings. The third-order valence-electron chi connectivity index (χ3n) is 3.57. The Hall–Kier alpha value is -1.27. The molecule has 0 aromatic carbocycles. The molecule has 0 unspecified atom stereocenters. The van der Waals surface area contributed by atoms with Crippen LogP contribution in [0.15, 0.2) is 23.4 Å². The normalized spacial score (nSPS) is 27.1. The maximum Gasteiger partial charge on any atom is 0.306 e. The van der Waals surface area contributed by atoms with Gasteiger partial charge >= 0.3 is 5.97 Å². The van der Waals surface area contributed by atoms with Crippen molar-refractivity contribution in [1.29, 1.82) is 0 Å². The minimum Gasteiger partial charge on any atom is -0.481 e. The highest BCUT2D eigenvalue weighted by Gasteiger charge is 2.35. The predicted molar refractivity (Wildman–Crippen MR) is 73.9 cm³/mol. The quantitative estimate of drug-likeness (QED) is 0.728. The van der Waals surface area contributed by atoms with Crippen molar-refractivity contribution in [3.63, 3.8) is 0 Å². The third-order valence-corrected chi connectivity index (χ3v) is 4.94. The molecule has 1 aromatic heterocycles. The Bertz CT molecular complexity index is 459. The van der Waals surface area contributed by atoms with Gasteiger partial charge in [0, 0.05) is 16.8 Å². The van der Waals surface area contributed by atoms with Crippen LogP contribution in [-0.4, -0.2) is 32.5 Å². The molecule has 0 aliphatic heterocycles. The first-order valence-electron chi connectivity index (χ1n) is 6.28. The number of pyridine rings is 1. The van der Waals surface area contributed by atoms with E-state index < -0.39 is 11.6 Å². The lowest BCUT2D eigenvalue weighted by molar-refractivity contribution is -0.144. The number of carboxylic acid groups (broad SMARTS) is 1. The predicted octanol–water partition coefficient (Wildman–Crippen LogP) is 1.76. The lowest BCUT2D eigenvalue weighted by atomic mass is 9.80. The van der Waals surface area contributed by atoms with Crippen LogP contribution in [0, 0.1) is 5.92 Å². The van der Waals surface area contributed by atoms with Crippen LogP contribution in [0.3, 0.4) is 0 Å². The van der Waals surface area contributed by atoms with Gasteiger partial charge in [0.15, 0.2) is 0 Å². The smallest absolute Gasteiger partial charge is 0.306 e. The van der Waals surface area contributed by atoms with E-state index >= 15 is 0 Å². The van der Waals surface area contributed by atoms with Gasteiger partial charge in [0.2, 0.25) is 0 Å². The van der Waals surface area contributed by atoms with E-state index in [1.54, 1.807) is 12.4 Å². The Morgan fingerprint density at radius 1 is 1.53 bits per heavy atom. The fraction of sp³-hybridized carbons (Fsp3) is 0.538. The summed E-state index contributed by atoms with van der Waals surface area (Å²) in [7, 11) is 0. The molecule has 6 heteroatoms. The topological polar surface area (TPSA) is 96.4 Å². The SMILES string of the molecule is Nc1cnccc1SCC1(O)CCC(C(=O)O)CC1.